The molecule has 5 nitrogen and oxygen atoms in total. The van der Waals surface area contributed by atoms with E-state index in [1.54, 1.807) is 0 Å². The van der Waals surface area contributed by atoms with Crippen LogP contribution in [0.15, 0.2) is 24.3 Å². The molecule has 0 aliphatic heterocycles. The van der Waals surface area contributed by atoms with Crippen LogP contribution in [-0.4, -0.2) is 48.8 Å². The zero-order valence-electron chi connectivity index (χ0n) is 13.2. The lowest BCUT2D eigenvalue weighted by molar-refractivity contribution is 0.234. The van der Waals surface area contributed by atoms with Crippen molar-refractivity contribution in [3.05, 3.63) is 35.4 Å². The number of aliphatic hydroxyl groups excluding tert-OH is 1. The van der Waals surface area contributed by atoms with Gasteiger partial charge in [-0.2, -0.15) is 0 Å². The van der Waals surface area contributed by atoms with E-state index < -0.39 is 0 Å². The number of likely N-dealkylation sites (N-methyl/N-ethyl adjacent to an activating group) is 1. The largest absolute Gasteiger partial charge is 0.392 e. The van der Waals surface area contributed by atoms with E-state index in [4.69, 9.17) is 5.11 Å². The number of hydrogen-bond donors (Lipinski definition) is 3. The molecule has 0 saturated carbocycles. The second-order valence-corrected chi connectivity index (χ2v) is 5.48. The highest BCUT2D eigenvalue weighted by Gasteiger charge is 2.04. The molecule has 1 rings (SSSR count). The molecule has 0 bridgehead atoms. The van der Waals surface area contributed by atoms with Crippen LogP contribution in [-0.2, 0) is 13.0 Å². The summed E-state index contributed by atoms with van der Waals surface area (Å²) in [5, 5.41) is 14.7. The third-order valence-corrected chi connectivity index (χ3v) is 3.54. The van der Waals surface area contributed by atoms with Crippen LogP contribution in [0.25, 0.3) is 0 Å². The average molecular weight is 293 g/mol. The second-order valence-electron chi connectivity index (χ2n) is 5.48. The monoisotopic (exact) mass is 293 g/mol. The van der Waals surface area contributed by atoms with Crippen molar-refractivity contribution in [2.45, 2.75) is 32.9 Å². The van der Waals surface area contributed by atoms with E-state index >= 15 is 0 Å². The molecule has 0 saturated heterocycles. The smallest absolute Gasteiger partial charge is 0.314 e. The summed E-state index contributed by atoms with van der Waals surface area (Å²) in [6.45, 7) is 6.40. The van der Waals surface area contributed by atoms with Crippen LogP contribution < -0.4 is 10.6 Å². The number of benzene rings is 1. The molecule has 5 heteroatoms. The highest BCUT2D eigenvalue weighted by molar-refractivity contribution is 5.73. The minimum atomic E-state index is -0.126. The second kappa shape index (κ2) is 9.37. The minimum Gasteiger partial charge on any atom is -0.392 e. The fourth-order valence-corrected chi connectivity index (χ4v) is 1.80. The van der Waals surface area contributed by atoms with Gasteiger partial charge in [0.05, 0.1) is 6.61 Å². The van der Waals surface area contributed by atoms with Crippen molar-refractivity contribution >= 4 is 6.03 Å². The van der Waals surface area contributed by atoms with Gasteiger partial charge in [-0.05, 0) is 38.4 Å². The van der Waals surface area contributed by atoms with Gasteiger partial charge in [0.1, 0.15) is 0 Å². The van der Waals surface area contributed by atoms with E-state index in [1.165, 1.54) is 0 Å². The Labute approximate surface area is 127 Å². The van der Waals surface area contributed by atoms with Crippen LogP contribution in [0.4, 0.5) is 4.79 Å². The quantitative estimate of drug-likeness (QED) is 0.678. The molecule has 0 heterocycles. The molecule has 118 valence electrons. The number of rotatable bonds is 8. The number of carbonyl (C=O) groups excluding carboxylic acids is 1. The number of aliphatic hydroxyl groups is 1. The van der Waals surface area contributed by atoms with Crippen molar-refractivity contribution in [2.24, 2.45) is 0 Å². The van der Waals surface area contributed by atoms with Crippen molar-refractivity contribution in [3.8, 4) is 0 Å². The van der Waals surface area contributed by atoms with Gasteiger partial charge in [-0.15, -0.1) is 0 Å². The van der Waals surface area contributed by atoms with Gasteiger partial charge < -0.3 is 20.6 Å². The molecular weight excluding hydrogens is 266 g/mol. The first-order valence-electron chi connectivity index (χ1n) is 7.43. The first-order valence-corrected chi connectivity index (χ1v) is 7.43. The predicted molar refractivity (Wildman–Crippen MR) is 85.2 cm³/mol. The van der Waals surface area contributed by atoms with E-state index in [0.29, 0.717) is 19.1 Å². The van der Waals surface area contributed by atoms with Gasteiger partial charge in [0.2, 0.25) is 0 Å². The van der Waals surface area contributed by atoms with Gasteiger partial charge in [-0.3, -0.25) is 0 Å². The average Bonchev–Trinajstić information content (AvgIpc) is 2.47. The summed E-state index contributed by atoms with van der Waals surface area (Å²) in [6, 6.07) is 8.11. The molecule has 3 N–H and O–H groups in total. The van der Waals surface area contributed by atoms with Gasteiger partial charge in [0.25, 0.3) is 0 Å². The van der Waals surface area contributed by atoms with E-state index in [9.17, 15) is 4.79 Å². The van der Waals surface area contributed by atoms with E-state index in [1.807, 2.05) is 31.3 Å². The Morgan fingerprint density at radius 3 is 2.29 bits per heavy atom. The Balaban J connectivity index is 2.15. The molecule has 0 fully saturated rings. The van der Waals surface area contributed by atoms with Gasteiger partial charge in [-0.1, -0.05) is 24.3 Å². The molecule has 0 aliphatic carbocycles. The zero-order valence-corrected chi connectivity index (χ0v) is 13.2. The first kappa shape index (κ1) is 17.5. The summed E-state index contributed by atoms with van der Waals surface area (Å²) in [7, 11) is 2.04. The number of nitrogens with zero attached hydrogens (tertiary/aromatic N) is 1. The summed E-state index contributed by atoms with van der Waals surface area (Å²) in [6.07, 6.45) is 0.783. The van der Waals surface area contributed by atoms with Crippen LogP contribution in [0.1, 0.15) is 25.0 Å². The van der Waals surface area contributed by atoms with Gasteiger partial charge in [-0.25, -0.2) is 4.79 Å². The van der Waals surface area contributed by atoms with Gasteiger partial charge in [0.15, 0.2) is 0 Å². The first-order chi connectivity index (χ1) is 10.0. The lowest BCUT2D eigenvalue weighted by Crippen LogP contribution is -2.41. The molecule has 0 radical (unpaired) electrons. The Bertz CT molecular complexity index is 418. The normalized spacial score (nSPS) is 11.0. The number of amides is 2. The predicted octanol–water partition coefficient (Wildman–Crippen LogP) is 1.36. The zero-order chi connectivity index (χ0) is 15.7. The highest BCUT2D eigenvalue weighted by Crippen LogP contribution is 2.04. The summed E-state index contributed by atoms with van der Waals surface area (Å²) in [4.78, 5) is 13.8. The SMILES string of the molecule is CC(C)N(C)CCNC(=O)NCCc1ccc(CO)cc1. The Morgan fingerprint density at radius 1 is 1.14 bits per heavy atom. The van der Waals surface area contributed by atoms with Gasteiger partial charge in [0, 0.05) is 25.7 Å². The van der Waals surface area contributed by atoms with Gasteiger partial charge >= 0.3 is 6.03 Å². The fourth-order valence-electron chi connectivity index (χ4n) is 1.80. The Kier molecular flexibility index (Phi) is 7.79. The Hall–Kier alpha value is -1.59. The van der Waals surface area contributed by atoms with Crippen LogP contribution in [0.2, 0.25) is 0 Å². The minimum absolute atomic E-state index is 0.0613. The fraction of sp³-hybridized carbons (Fsp3) is 0.562. The molecule has 0 unspecified atom stereocenters. The van der Waals surface area contributed by atoms with Crippen molar-refractivity contribution in [1.82, 2.24) is 15.5 Å². The van der Waals surface area contributed by atoms with Crippen LogP contribution in [0.5, 0.6) is 0 Å². The molecule has 0 spiro atoms. The Morgan fingerprint density at radius 2 is 1.71 bits per heavy atom. The third kappa shape index (κ3) is 7.11. The number of urea groups is 1. The van der Waals surface area contributed by atoms with Crippen molar-refractivity contribution in [2.75, 3.05) is 26.7 Å². The maximum absolute atomic E-state index is 11.6. The third-order valence-electron chi connectivity index (χ3n) is 3.54. The standard InChI is InChI=1S/C16H27N3O2/c1-13(2)19(3)11-10-18-16(21)17-9-8-14-4-6-15(12-20)7-5-14/h4-7,13,20H,8-12H2,1-3H3,(H2,17,18,21). The van der Waals surface area contributed by atoms with Crippen LogP contribution >= 0.6 is 0 Å². The topological polar surface area (TPSA) is 64.6 Å². The maximum Gasteiger partial charge on any atom is 0.314 e. The summed E-state index contributed by atoms with van der Waals surface area (Å²) < 4.78 is 0. The number of carbonyl (C=O) groups is 1. The van der Waals surface area contributed by atoms with Crippen molar-refractivity contribution in [3.63, 3.8) is 0 Å². The summed E-state index contributed by atoms with van der Waals surface area (Å²) >= 11 is 0. The van der Waals surface area contributed by atoms with Crippen molar-refractivity contribution in [1.29, 1.82) is 0 Å². The lowest BCUT2D eigenvalue weighted by Gasteiger charge is -2.20. The molecule has 2 amide bonds. The van der Waals surface area contributed by atoms with E-state index in [0.717, 1.165) is 24.1 Å². The van der Waals surface area contributed by atoms with Crippen LogP contribution in [0.3, 0.4) is 0 Å². The summed E-state index contributed by atoms with van der Waals surface area (Å²) in [5.74, 6) is 0. The number of nitrogens with one attached hydrogen (secondary N) is 2. The number of hydrogen-bond acceptors (Lipinski definition) is 3. The van der Waals surface area contributed by atoms with Crippen molar-refractivity contribution < 1.29 is 9.90 Å². The van der Waals surface area contributed by atoms with E-state index in [-0.39, 0.29) is 12.6 Å². The summed E-state index contributed by atoms with van der Waals surface area (Å²) in [5.41, 5.74) is 2.05. The molecule has 0 aliphatic rings. The highest BCUT2D eigenvalue weighted by atomic mass is 16.3. The van der Waals surface area contributed by atoms with Crippen LogP contribution in [0, 0.1) is 0 Å². The lowest BCUT2D eigenvalue weighted by atomic mass is 10.1. The molecule has 21 heavy (non-hydrogen) atoms. The molecule has 0 atom stereocenters. The molecule has 1 aromatic rings. The molecular formula is C16H27N3O2. The molecule has 0 aromatic heterocycles. The maximum atomic E-state index is 11.6. The van der Waals surface area contributed by atoms with E-state index in [2.05, 4.69) is 29.4 Å². The molecule has 1 aromatic carbocycles.